The molecule has 0 amide bonds. The summed E-state index contributed by atoms with van der Waals surface area (Å²) < 4.78 is 13.0. The summed E-state index contributed by atoms with van der Waals surface area (Å²) in [5, 5.41) is 0.193. The second-order valence-corrected chi connectivity index (χ2v) is 5.02. The molecule has 0 radical (unpaired) electrons. The Balaban J connectivity index is 2.34. The monoisotopic (exact) mass is 277 g/mol. The quantitative estimate of drug-likeness (QED) is 0.530. The first-order valence-corrected chi connectivity index (χ1v) is 6.73. The molecule has 0 saturated heterocycles. The van der Waals surface area contributed by atoms with Gasteiger partial charge in [-0.1, -0.05) is 24.1 Å². The Hall–Kier alpha value is -0.310. The van der Waals surface area contributed by atoms with Crippen molar-refractivity contribution in [3.05, 3.63) is 34.6 Å². The number of halogens is 3. The fraction of sp³-hybridized carbons (Fsp3) is 0.538. The normalized spacial score (nSPS) is 11.1. The van der Waals surface area contributed by atoms with Crippen LogP contribution in [0, 0.1) is 5.82 Å². The summed E-state index contributed by atoms with van der Waals surface area (Å²) in [5.41, 5.74) is 1.04. The molecule has 17 heavy (non-hydrogen) atoms. The largest absolute Gasteiger partial charge is 0.302 e. The zero-order chi connectivity index (χ0) is 12.7. The predicted octanol–water partition coefficient (Wildman–Crippen LogP) is 4.32. The summed E-state index contributed by atoms with van der Waals surface area (Å²) in [6.07, 6.45) is 3.36. The third-order valence-electron chi connectivity index (χ3n) is 2.61. The van der Waals surface area contributed by atoms with E-state index in [-0.39, 0.29) is 10.8 Å². The average molecular weight is 278 g/mol. The van der Waals surface area contributed by atoms with Crippen molar-refractivity contribution in [2.75, 3.05) is 19.5 Å². The number of unbranched alkanes of at least 4 members (excludes halogenated alkanes) is 2. The van der Waals surface area contributed by atoms with E-state index in [0.29, 0.717) is 0 Å². The molecule has 0 aliphatic heterocycles. The van der Waals surface area contributed by atoms with Crippen molar-refractivity contribution in [3.8, 4) is 0 Å². The van der Waals surface area contributed by atoms with Gasteiger partial charge in [0.05, 0.1) is 5.02 Å². The van der Waals surface area contributed by atoms with Crippen molar-refractivity contribution in [3.63, 3.8) is 0 Å². The first-order chi connectivity index (χ1) is 8.13. The molecule has 0 aliphatic carbocycles. The van der Waals surface area contributed by atoms with E-state index in [1.54, 1.807) is 12.1 Å². The highest BCUT2D eigenvalue weighted by atomic mass is 35.5. The summed E-state index contributed by atoms with van der Waals surface area (Å²) in [7, 11) is 2.05. The minimum absolute atomic E-state index is 0.193. The molecule has 96 valence electrons. The number of alkyl halides is 1. The summed E-state index contributed by atoms with van der Waals surface area (Å²) in [6.45, 7) is 1.81. The highest BCUT2D eigenvalue weighted by Gasteiger charge is 2.04. The van der Waals surface area contributed by atoms with Gasteiger partial charge in [-0.2, -0.15) is 0 Å². The zero-order valence-corrected chi connectivity index (χ0v) is 11.6. The smallest absolute Gasteiger partial charge is 0.141 e. The maximum atomic E-state index is 13.0. The maximum absolute atomic E-state index is 13.0. The van der Waals surface area contributed by atoms with Crippen molar-refractivity contribution in [1.29, 1.82) is 0 Å². The van der Waals surface area contributed by atoms with Gasteiger partial charge in [-0.25, -0.2) is 4.39 Å². The lowest BCUT2D eigenvalue weighted by Crippen LogP contribution is -2.19. The third kappa shape index (κ3) is 5.71. The van der Waals surface area contributed by atoms with Crippen LogP contribution in [-0.2, 0) is 6.54 Å². The van der Waals surface area contributed by atoms with Crippen LogP contribution >= 0.6 is 23.2 Å². The molecule has 4 heteroatoms. The Labute approximate surface area is 113 Å². The first kappa shape index (κ1) is 14.7. The highest BCUT2D eigenvalue weighted by Crippen LogP contribution is 2.17. The van der Waals surface area contributed by atoms with Gasteiger partial charge < -0.3 is 4.90 Å². The minimum Gasteiger partial charge on any atom is -0.302 e. The van der Waals surface area contributed by atoms with Gasteiger partial charge >= 0.3 is 0 Å². The molecule has 0 saturated carbocycles. The molecule has 0 unspecified atom stereocenters. The molecule has 0 N–H and O–H groups in total. The Morgan fingerprint density at radius 3 is 2.65 bits per heavy atom. The Bertz CT molecular complexity index is 344. The van der Waals surface area contributed by atoms with Crippen LogP contribution in [0.1, 0.15) is 24.8 Å². The number of hydrogen-bond donors (Lipinski definition) is 0. The van der Waals surface area contributed by atoms with Crippen LogP contribution in [0.25, 0.3) is 0 Å². The highest BCUT2D eigenvalue weighted by molar-refractivity contribution is 6.30. The van der Waals surface area contributed by atoms with E-state index in [2.05, 4.69) is 11.9 Å². The molecular weight excluding hydrogens is 260 g/mol. The van der Waals surface area contributed by atoms with E-state index >= 15 is 0 Å². The number of nitrogens with zero attached hydrogens (tertiary/aromatic N) is 1. The molecule has 0 bridgehead atoms. The van der Waals surface area contributed by atoms with Crippen molar-refractivity contribution in [2.45, 2.75) is 25.8 Å². The van der Waals surface area contributed by atoms with Gasteiger partial charge in [0.2, 0.25) is 0 Å². The van der Waals surface area contributed by atoms with Crippen molar-refractivity contribution in [2.24, 2.45) is 0 Å². The van der Waals surface area contributed by atoms with E-state index in [4.69, 9.17) is 23.2 Å². The van der Waals surface area contributed by atoms with Gasteiger partial charge in [-0.05, 0) is 44.1 Å². The van der Waals surface area contributed by atoms with Gasteiger partial charge in [0, 0.05) is 12.4 Å². The molecule has 0 aromatic heterocycles. The van der Waals surface area contributed by atoms with Gasteiger partial charge in [-0.3, -0.25) is 0 Å². The first-order valence-electron chi connectivity index (χ1n) is 5.82. The molecule has 1 rings (SSSR count). The van der Waals surface area contributed by atoms with Gasteiger partial charge in [0.1, 0.15) is 5.82 Å². The fourth-order valence-electron chi connectivity index (χ4n) is 1.68. The number of hydrogen-bond acceptors (Lipinski definition) is 1. The average Bonchev–Trinajstić information content (AvgIpc) is 2.30. The molecule has 1 aromatic rings. The van der Waals surface area contributed by atoms with Crippen LogP contribution in [0.3, 0.4) is 0 Å². The number of benzene rings is 1. The van der Waals surface area contributed by atoms with Gasteiger partial charge in [0.15, 0.2) is 0 Å². The van der Waals surface area contributed by atoms with E-state index in [1.807, 2.05) is 0 Å². The molecule has 1 aromatic carbocycles. The summed E-state index contributed by atoms with van der Waals surface area (Å²) >= 11 is 11.3. The van der Waals surface area contributed by atoms with Gasteiger partial charge in [-0.15, -0.1) is 11.6 Å². The topological polar surface area (TPSA) is 3.24 Å². The van der Waals surface area contributed by atoms with E-state index in [1.165, 1.54) is 6.07 Å². The fourth-order valence-corrected chi connectivity index (χ4v) is 2.07. The number of rotatable bonds is 7. The third-order valence-corrected chi connectivity index (χ3v) is 3.17. The summed E-state index contributed by atoms with van der Waals surface area (Å²) in [6, 6.07) is 4.88. The van der Waals surface area contributed by atoms with Crippen LogP contribution in [0.15, 0.2) is 18.2 Å². The minimum atomic E-state index is -0.361. The molecule has 0 aliphatic rings. The Morgan fingerprint density at radius 2 is 2.00 bits per heavy atom. The molecule has 0 fully saturated rings. The molecule has 1 nitrogen and oxygen atoms in total. The van der Waals surface area contributed by atoms with E-state index in [0.717, 1.165) is 43.8 Å². The lowest BCUT2D eigenvalue weighted by molar-refractivity contribution is 0.318. The molecule has 0 heterocycles. The summed E-state index contributed by atoms with van der Waals surface area (Å²) in [4.78, 5) is 2.21. The van der Waals surface area contributed by atoms with Crippen LogP contribution in [0.5, 0.6) is 0 Å². The van der Waals surface area contributed by atoms with E-state index in [9.17, 15) is 4.39 Å². The zero-order valence-electron chi connectivity index (χ0n) is 10.1. The van der Waals surface area contributed by atoms with Crippen molar-refractivity contribution >= 4 is 23.2 Å². The van der Waals surface area contributed by atoms with Gasteiger partial charge in [0.25, 0.3) is 0 Å². The lowest BCUT2D eigenvalue weighted by atomic mass is 10.2. The van der Waals surface area contributed by atoms with Crippen molar-refractivity contribution < 1.29 is 4.39 Å². The Morgan fingerprint density at radius 1 is 1.24 bits per heavy atom. The molecule has 0 spiro atoms. The second-order valence-electron chi connectivity index (χ2n) is 4.24. The summed E-state index contributed by atoms with van der Waals surface area (Å²) in [5.74, 6) is 0.372. The molecular formula is C13H18Cl2FN. The van der Waals surface area contributed by atoms with E-state index < -0.39 is 0 Å². The molecule has 0 atom stereocenters. The SMILES string of the molecule is CN(CCCCCCl)Cc1ccc(F)c(Cl)c1. The predicted molar refractivity (Wildman–Crippen MR) is 72.3 cm³/mol. The standard InChI is InChI=1S/C13H18Cl2FN/c1-17(8-4-2-3-7-14)10-11-5-6-13(16)12(15)9-11/h5-6,9H,2-4,7-8,10H2,1H3. The van der Waals surface area contributed by atoms with Crippen LogP contribution in [0.4, 0.5) is 4.39 Å². The maximum Gasteiger partial charge on any atom is 0.141 e. The van der Waals surface area contributed by atoms with Crippen LogP contribution < -0.4 is 0 Å². The lowest BCUT2D eigenvalue weighted by Gasteiger charge is -2.16. The second kappa shape index (κ2) is 7.91. The van der Waals surface area contributed by atoms with Crippen LogP contribution in [0.2, 0.25) is 5.02 Å². The van der Waals surface area contributed by atoms with Crippen molar-refractivity contribution in [1.82, 2.24) is 4.90 Å². The Kier molecular flexibility index (Phi) is 6.86. The van der Waals surface area contributed by atoms with Crippen LogP contribution in [-0.4, -0.2) is 24.4 Å².